The number of hydrogen-bond acceptors (Lipinski definition) is 6. The molecule has 0 fully saturated rings. The zero-order valence-electron chi connectivity index (χ0n) is 15.9. The number of benzene rings is 2. The van der Waals surface area contributed by atoms with Crippen LogP contribution in [0, 0.1) is 12.7 Å². The van der Waals surface area contributed by atoms with E-state index in [9.17, 15) is 9.18 Å². The fourth-order valence-corrected chi connectivity index (χ4v) is 4.15. The SMILES string of the molecule is Cc1nnc(C2C3=NNC(C=O)c4cccc(c43)NC2c2ccc(F)cc2)n1C. The van der Waals surface area contributed by atoms with Crippen molar-refractivity contribution in [1.82, 2.24) is 20.2 Å². The van der Waals surface area contributed by atoms with Crippen molar-refractivity contribution in [2.75, 3.05) is 5.32 Å². The van der Waals surface area contributed by atoms with Gasteiger partial charge in [0.05, 0.1) is 17.7 Å². The van der Waals surface area contributed by atoms with Gasteiger partial charge in [0.15, 0.2) is 0 Å². The van der Waals surface area contributed by atoms with Crippen LogP contribution in [0.4, 0.5) is 10.1 Å². The predicted octanol–water partition coefficient (Wildman–Crippen LogP) is 2.76. The second kappa shape index (κ2) is 6.51. The molecule has 0 saturated heterocycles. The maximum absolute atomic E-state index is 13.6. The van der Waals surface area contributed by atoms with Gasteiger partial charge in [0, 0.05) is 18.3 Å². The summed E-state index contributed by atoms with van der Waals surface area (Å²) < 4.78 is 15.5. The van der Waals surface area contributed by atoms with Crippen molar-refractivity contribution in [2.24, 2.45) is 12.1 Å². The van der Waals surface area contributed by atoms with Crippen LogP contribution < -0.4 is 10.7 Å². The standard InChI is InChI=1S/C21H19FN6O/c1-11-24-27-21(28(11)2)18-19(12-6-8-13(22)9-7-12)23-15-5-3-4-14-16(10-29)25-26-20(18)17(14)15/h3-10,16,18-19,23,25H,1-2H3. The van der Waals surface area contributed by atoms with E-state index in [0.717, 1.165) is 46.0 Å². The van der Waals surface area contributed by atoms with Gasteiger partial charge in [-0.15, -0.1) is 10.2 Å². The lowest BCUT2D eigenvalue weighted by Crippen LogP contribution is -2.39. The monoisotopic (exact) mass is 390 g/mol. The smallest absolute Gasteiger partial charge is 0.148 e. The summed E-state index contributed by atoms with van der Waals surface area (Å²) in [6, 6.07) is 11.5. The third-order valence-corrected chi connectivity index (χ3v) is 5.72. The topological polar surface area (TPSA) is 84.2 Å². The number of anilines is 1. The second-order valence-electron chi connectivity index (χ2n) is 7.33. The number of carbonyl (C=O) groups is 1. The van der Waals surface area contributed by atoms with Crippen molar-refractivity contribution in [3.8, 4) is 0 Å². The summed E-state index contributed by atoms with van der Waals surface area (Å²) in [5.74, 6) is 0.964. The van der Waals surface area contributed by atoms with Crippen molar-refractivity contribution in [3.63, 3.8) is 0 Å². The molecule has 3 aromatic rings. The van der Waals surface area contributed by atoms with E-state index in [0.29, 0.717) is 0 Å². The Kier molecular flexibility index (Phi) is 3.94. The van der Waals surface area contributed by atoms with Crippen LogP contribution in [0.5, 0.6) is 0 Å². The third-order valence-electron chi connectivity index (χ3n) is 5.72. The highest BCUT2D eigenvalue weighted by molar-refractivity contribution is 6.13. The zero-order valence-corrected chi connectivity index (χ0v) is 15.9. The molecular formula is C21H19FN6O. The predicted molar refractivity (Wildman–Crippen MR) is 106 cm³/mol. The lowest BCUT2D eigenvalue weighted by Gasteiger charge is -2.39. The number of hydrazone groups is 1. The molecule has 1 aromatic heterocycles. The first-order valence-corrected chi connectivity index (χ1v) is 9.38. The molecule has 2 aromatic carbocycles. The van der Waals surface area contributed by atoms with Gasteiger partial charge in [0.25, 0.3) is 0 Å². The largest absolute Gasteiger partial charge is 0.377 e. The van der Waals surface area contributed by atoms with Gasteiger partial charge in [-0.25, -0.2) is 4.39 Å². The van der Waals surface area contributed by atoms with Crippen LogP contribution in [0.15, 0.2) is 47.6 Å². The van der Waals surface area contributed by atoms with E-state index >= 15 is 0 Å². The number of aldehydes is 1. The van der Waals surface area contributed by atoms with E-state index in [1.54, 1.807) is 12.1 Å². The molecule has 2 N–H and O–H groups in total. The van der Waals surface area contributed by atoms with E-state index in [-0.39, 0.29) is 17.8 Å². The normalized spacial score (nSPS) is 22.2. The van der Waals surface area contributed by atoms with Crippen LogP contribution >= 0.6 is 0 Å². The molecule has 0 spiro atoms. The van der Waals surface area contributed by atoms with Crippen LogP contribution in [-0.4, -0.2) is 26.8 Å². The molecule has 3 heterocycles. The molecular weight excluding hydrogens is 371 g/mol. The first kappa shape index (κ1) is 17.5. The average molecular weight is 390 g/mol. The molecule has 3 atom stereocenters. The number of hydrogen-bond donors (Lipinski definition) is 2. The van der Waals surface area contributed by atoms with Gasteiger partial charge in [-0.05, 0) is 36.2 Å². The molecule has 0 saturated carbocycles. The molecule has 2 aliphatic heterocycles. The minimum atomic E-state index is -0.500. The molecule has 0 radical (unpaired) electrons. The molecule has 0 aliphatic carbocycles. The molecule has 0 bridgehead atoms. The minimum Gasteiger partial charge on any atom is -0.377 e. The van der Waals surface area contributed by atoms with Gasteiger partial charge in [-0.1, -0.05) is 24.3 Å². The van der Waals surface area contributed by atoms with Crippen LogP contribution in [0.2, 0.25) is 0 Å². The molecule has 3 unspecified atom stereocenters. The highest BCUT2D eigenvalue weighted by Crippen LogP contribution is 2.45. The number of nitrogens with one attached hydrogen (secondary N) is 2. The van der Waals surface area contributed by atoms with Gasteiger partial charge < -0.3 is 14.7 Å². The highest BCUT2D eigenvalue weighted by Gasteiger charge is 2.42. The third kappa shape index (κ3) is 2.63. The van der Waals surface area contributed by atoms with Crippen molar-refractivity contribution < 1.29 is 9.18 Å². The summed E-state index contributed by atoms with van der Waals surface area (Å²) >= 11 is 0. The van der Waals surface area contributed by atoms with Gasteiger partial charge in [0.2, 0.25) is 0 Å². The Morgan fingerprint density at radius 2 is 1.93 bits per heavy atom. The van der Waals surface area contributed by atoms with E-state index in [1.165, 1.54) is 12.1 Å². The van der Waals surface area contributed by atoms with Crippen molar-refractivity contribution in [3.05, 3.63) is 76.6 Å². The van der Waals surface area contributed by atoms with Crippen LogP contribution in [0.25, 0.3) is 0 Å². The fraction of sp³-hybridized carbons (Fsp3) is 0.238. The van der Waals surface area contributed by atoms with Gasteiger partial charge >= 0.3 is 0 Å². The highest BCUT2D eigenvalue weighted by atomic mass is 19.1. The molecule has 5 rings (SSSR count). The van der Waals surface area contributed by atoms with E-state index in [2.05, 4.69) is 26.0 Å². The Morgan fingerprint density at radius 3 is 2.62 bits per heavy atom. The number of aromatic nitrogens is 3. The molecule has 7 nitrogen and oxygen atoms in total. The Balaban J connectivity index is 1.74. The Labute approximate surface area is 166 Å². The molecule has 0 amide bonds. The number of aryl methyl sites for hydroxylation is 1. The van der Waals surface area contributed by atoms with Gasteiger partial charge in [0.1, 0.15) is 29.8 Å². The van der Waals surface area contributed by atoms with E-state index in [1.807, 2.05) is 36.7 Å². The van der Waals surface area contributed by atoms with Crippen LogP contribution in [0.3, 0.4) is 0 Å². The Bertz CT molecular complexity index is 1140. The maximum Gasteiger partial charge on any atom is 0.148 e. The Hall–Kier alpha value is -3.55. The summed E-state index contributed by atoms with van der Waals surface area (Å²) in [7, 11) is 1.92. The Morgan fingerprint density at radius 1 is 1.14 bits per heavy atom. The summed E-state index contributed by atoms with van der Waals surface area (Å²) in [6.07, 6.45) is 0.851. The zero-order chi connectivity index (χ0) is 20.1. The van der Waals surface area contributed by atoms with Crippen LogP contribution in [0.1, 0.15) is 46.3 Å². The number of halogens is 1. The second-order valence-corrected chi connectivity index (χ2v) is 7.33. The number of nitrogens with zero attached hydrogens (tertiary/aromatic N) is 4. The average Bonchev–Trinajstić information content (AvgIpc) is 3.07. The quantitative estimate of drug-likeness (QED) is 0.672. The minimum absolute atomic E-state index is 0.228. The lowest BCUT2D eigenvalue weighted by molar-refractivity contribution is -0.109. The van der Waals surface area contributed by atoms with Crippen LogP contribution in [-0.2, 0) is 11.8 Å². The summed E-state index contributed by atoms with van der Waals surface area (Å²) in [5.41, 5.74) is 7.34. The number of rotatable bonds is 3. The lowest BCUT2D eigenvalue weighted by atomic mass is 9.78. The molecule has 8 heteroatoms. The van der Waals surface area contributed by atoms with Crippen molar-refractivity contribution >= 4 is 17.7 Å². The number of carbonyl (C=O) groups excluding carboxylic acids is 1. The molecule has 146 valence electrons. The summed E-state index contributed by atoms with van der Waals surface area (Å²) in [6.45, 7) is 1.89. The van der Waals surface area contributed by atoms with Gasteiger partial charge in [-0.2, -0.15) is 5.10 Å². The summed E-state index contributed by atoms with van der Waals surface area (Å²) in [5, 5.41) is 16.8. The summed E-state index contributed by atoms with van der Waals surface area (Å²) in [4.78, 5) is 11.6. The fourth-order valence-electron chi connectivity index (χ4n) is 4.15. The van der Waals surface area contributed by atoms with Crippen molar-refractivity contribution in [1.29, 1.82) is 0 Å². The molecule has 2 aliphatic rings. The first-order chi connectivity index (χ1) is 14.1. The van der Waals surface area contributed by atoms with Crippen molar-refractivity contribution in [2.45, 2.75) is 24.9 Å². The van der Waals surface area contributed by atoms with E-state index < -0.39 is 6.04 Å². The first-order valence-electron chi connectivity index (χ1n) is 9.38. The molecule has 29 heavy (non-hydrogen) atoms. The maximum atomic E-state index is 13.6. The van der Waals surface area contributed by atoms with E-state index in [4.69, 9.17) is 0 Å². The van der Waals surface area contributed by atoms with Gasteiger partial charge in [-0.3, -0.25) is 5.43 Å².